The summed E-state index contributed by atoms with van der Waals surface area (Å²) in [6, 6.07) is 6.47. The minimum absolute atomic E-state index is 0.0796. The van der Waals surface area contributed by atoms with Crippen LogP contribution in [0.2, 0.25) is 0 Å². The number of aliphatic hydroxyl groups excluding tert-OH is 1. The Bertz CT molecular complexity index is 526. The molecule has 1 saturated carbocycles. The average Bonchev–Trinajstić information content (AvgIpc) is 2.52. The molecule has 0 saturated heterocycles. The van der Waals surface area contributed by atoms with Gasteiger partial charge in [0.15, 0.2) is 0 Å². The van der Waals surface area contributed by atoms with Crippen molar-refractivity contribution in [3.05, 3.63) is 35.1 Å². The molecule has 120 valence electrons. The highest BCUT2D eigenvalue weighted by molar-refractivity contribution is 5.34. The fourth-order valence-electron chi connectivity index (χ4n) is 3.27. The highest BCUT2D eigenvalue weighted by Crippen LogP contribution is 2.27. The number of nitrogens with one attached hydrogen (secondary N) is 1. The number of aliphatic hydroxyl groups is 1. The molecule has 22 heavy (non-hydrogen) atoms. The van der Waals surface area contributed by atoms with Gasteiger partial charge in [0, 0.05) is 11.6 Å². The van der Waals surface area contributed by atoms with Gasteiger partial charge in [0.2, 0.25) is 0 Å². The summed E-state index contributed by atoms with van der Waals surface area (Å²) in [5.41, 5.74) is 0.941. The second-order valence-corrected chi connectivity index (χ2v) is 6.28. The lowest BCUT2D eigenvalue weighted by atomic mass is 9.83. The second-order valence-electron chi connectivity index (χ2n) is 6.28. The van der Waals surface area contributed by atoms with E-state index in [0.29, 0.717) is 17.0 Å². The first-order chi connectivity index (χ1) is 10.6. The molecule has 0 heterocycles. The summed E-state index contributed by atoms with van der Waals surface area (Å²) >= 11 is 0. The third kappa shape index (κ3) is 4.53. The van der Waals surface area contributed by atoms with E-state index >= 15 is 0 Å². The summed E-state index contributed by atoms with van der Waals surface area (Å²) in [7, 11) is 0. The van der Waals surface area contributed by atoms with E-state index < -0.39 is 0 Å². The fourth-order valence-corrected chi connectivity index (χ4v) is 3.27. The molecule has 3 unspecified atom stereocenters. The van der Waals surface area contributed by atoms with Gasteiger partial charge < -0.3 is 10.4 Å². The number of hydrogen-bond donors (Lipinski definition) is 2. The predicted octanol–water partition coefficient (Wildman–Crippen LogP) is 3.68. The van der Waals surface area contributed by atoms with Crippen LogP contribution >= 0.6 is 0 Å². The molecule has 0 amide bonds. The molecule has 2 N–H and O–H groups in total. The maximum absolute atomic E-state index is 13.9. The standard InChI is InChI=1S/C18H25FN2O/c1-13(16-9-8-14(12-20)11-17(16)19)21-10-4-6-15-5-2-3-7-18(15)22/h8-9,11,13,15,18,21-22H,2-7,10H2,1H3. The van der Waals surface area contributed by atoms with Crippen molar-refractivity contribution < 1.29 is 9.50 Å². The van der Waals surface area contributed by atoms with Gasteiger partial charge in [-0.05, 0) is 57.2 Å². The van der Waals surface area contributed by atoms with Crippen LogP contribution in [-0.2, 0) is 0 Å². The molecule has 1 fully saturated rings. The maximum Gasteiger partial charge on any atom is 0.129 e. The predicted molar refractivity (Wildman–Crippen MR) is 84.7 cm³/mol. The quantitative estimate of drug-likeness (QED) is 0.788. The van der Waals surface area contributed by atoms with Crippen LogP contribution in [0.15, 0.2) is 18.2 Å². The van der Waals surface area contributed by atoms with E-state index in [4.69, 9.17) is 5.26 Å². The zero-order chi connectivity index (χ0) is 15.9. The molecule has 1 aromatic carbocycles. The van der Waals surface area contributed by atoms with Gasteiger partial charge in [-0.15, -0.1) is 0 Å². The third-order valence-corrected chi connectivity index (χ3v) is 4.67. The maximum atomic E-state index is 13.9. The number of hydrogen-bond acceptors (Lipinski definition) is 3. The molecule has 3 nitrogen and oxygen atoms in total. The lowest BCUT2D eigenvalue weighted by Crippen LogP contribution is -2.26. The van der Waals surface area contributed by atoms with Gasteiger partial charge in [0.1, 0.15) is 5.82 Å². The third-order valence-electron chi connectivity index (χ3n) is 4.67. The van der Waals surface area contributed by atoms with Crippen molar-refractivity contribution in [2.75, 3.05) is 6.54 Å². The largest absolute Gasteiger partial charge is 0.393 e. The first-order valence-electron chi connectivity index (χ1n) is 8.23. The molecule has 0 bridgehead atoms. The van der Waals surface area contributed by atoms with Crippen molar-refractivity contribution in [2.45, 2.75) is 57.6 Å². The minimum atomic E-state index is -0.332. The van der Waals surface area contributed by atoms with E-state index in [1.165, 1.54) is 12.5 Å². The van der Waals surface area contributed by atoms with Crippen LogP contribution < -0.4 is 5.32 Å². The zero-order valence-corrected chi connectivity index (χ0v) is 13.2. The SMILES string of the molecule is CC(NCCCC1CCCCC1O)c1ccc(C#N)cc1F. The second kappa shape index (κ2) is 8.26. The lowest BCUT2D eigenvalue weighted by Gasteiger charge is -2.27. The summed E-state index contributed by atoms with van der Waals surface area (Å²) in [5, 5.41) is 22.0. The average molecular weight is 304 g/mol. The number of nitriles is 1. The van der Waals surface area contributed by atoms with E-state index in [1.54, 1.807) is 12.1 Å². The Morgan fingerprint density at radius 3 is 2.86 bits per heavy atom. The van der Waals surface area contributed by atoms with E-state index in [0.717, 1.165) is 38.6 Å². The highest BCUT2D eigenvalue weighted by atomic mass is 19.1. The number of rotatable bonds is 6. The Morgan fingerprint density at radius 1 is 1.41 bits per heavy atom. The van der Waals surface area contributed by atoms with Gasteiger partial charge >= 0.3 is 0 Å². The van der Waals surface area contributed by atoms with Gasteiger partial charge in [-0.25, -0.2) is 4.39 Å². The van der Waals surface area contributed by atoms with E-state index in [9.17, 15) is 9.50 Å². The first-order valence-corrected chi connectivity index (χ1v) is 8.23. The zero-order valence-electron chi connectivity index (χ0n) is 13.2. The van der Waals surface area contributed by atoms with Crippen LogP contribution in [0, 0.1) is 23.1 Å². The highest BCUT2D eigenvalue weighted by Gasteiger charge is 2.22. The van der Waals surface area contributed by atoms with Crippen LogP contribution in [0.3, 0.4) is 0 Å². The molecular formula is C18H25FN2O. The van der Waals surface area contributed by atoms with Crippen molar-refractivity contribution >= 4 is 0 Å². The number of halogens is 1. The van der Waals surface area contributed by atoms with Crippen LogP contribution in [0.1, 0.15) is 62.6 Å². The molecule has 4 heteroatoms. The summed E-state index contributed by atoms with van der Waals surface area (Å²) < 4.78 is 13.9. The van der Waals surface area contributed by atoms with Crippen molar-refractivity contribution in [2.24, 2.45) is 5.92 Å². The van der Waals surface area contributed by atoms with Crippen molar-refractivity contribution in [3.8, 4) is 6.07 Å². The number of benzene rings is 1. The van der Waals surface area contributed by atoms with Crippen molar-refractivity contribution in [3.63, 3.8) is 0 Å². The molecule has 1 aliphatic rings. The summed E-state index contributed by atoms with van der Waals surface area (Å²) in [4.78, 5) is 0. The monoisotopic (exact) mass is 304 g/mol. The van der Waals surface area contributed by atoms with Gasteiger partial charge in [0.25, 0.3) is 0 Å². The Labute approximate surface area is 132 Å². The molecular weight excluding hydrogens is 279 g/mol. The molecule has 1 aromatic rings. The smallest absolute Gasteiger partial charge is 0.129 e. The Hall–Kier alpha value is -1.44. The topological polar surface area (TPSA) is 56.0 Å². The molecule has 0 spiro atoms. The van der Waals surface area contributed by atoms with E-state index in [-0.39, 0.29) is 18.0 Å². The number of nitrogens with zero attached hydrogens (tertiary/aromatic N) is 1. The van der Waals surface area contributed by atoms with Crippen molar-refractivity contribution in [1.29, 1.82) is 5.26 Å². The molecule has 0 aliphatic heterocycles. The molecule has 2 rings (SSSR count). The summed E-state index contributed by atoms with van der Waals surface area (Å²) in [6.45, 7) is 2.74. The Morgan fingerprint density at radius 2 is 2.18 bits per heavy atom. The lowest BCUT2D eigenvalue weighted by molar-refractivity contribution is 0.0642. The van der Waals surface area contributed by atoms with Gasteiger partial charge in [-0.1, -0.05) is 18.9 Å². The fraction of sp³-hybridized carbons (Fsp3) is 0.611. The molecule has 3 atom stereocenters. The summed E-state index contributed by atoms with van der Waals surface area (Å²) in [6.07, 6.45) is 6.31. The molecule has 0 radical (unpaired) electrons. The van der Waals surface area contributed by atoms with E-state index in [1.807, 2.05) is 13.0 Å². The van der Waals surface area contributed by atoms with Gasteiger partial charge in [-0.2, -0.15) is 5.26 Å². The van der Waals surface area contributed by atoms with Crippen LogP contribution in [0.4, 0.5) is 4.39 Å². The van der Waals surface area contributed by atoms with Crippen LogP contribution in [-0.4, -0.2) is 17.8 Å². The van der Waals surface area contributed by atoms with Gasteiger partial charge in [-0.3, -0.25) is 0 Å². The van der Waals surface area contributed by atoms with Gasteiger partial charge in [0.05, 0.1) is 17.7 Å². The summed E-state index contributed by atoms with van der Waals surface area (Å²) in [5.74, 6) is 0.0965. The minimum Gasteiger partial charge on any atom is -0.393 e. The molecule has 0 aromatic heterocycles. The Balaban J connectivity index is 1.76. The van der Waals surface area contributed by atoms with Crippen LogP contribution in [0.5, 0.6) is 0 Å². The normalized spacial score (nSPS) is 23.0. The Kier molecular flexibility index (Phi) is 6.35. The van der Waals surface area contributed by atoms with Crippen molar-refractivity contribution in [1.82, 2.24) is 5.32 Å². The first kappa shape index (κ1) is 16.9. The van der Waals surface area contributed by atoms with Crippen LogP contribution in [0.25, 0.3) is 0 Å². The molecule has 1 aliphatic carbocycles. The van der Waals surface area contributed by atoms with E-state index in [2.05, 4.69) is 5.32 Å².